The van der Waals surface area contributed by atoms with Gasteiger partial charge in [-0.05, 0) is 36.8 Å². The Bertz CT molecular complexity index is 501. The van der Waals surface area contributed by atoms with Crippen LogP contribution in [-0.4, -0.2) is 24.2 Å². The van der Waals surface area contributed by atoms with Crippen molar-refractivity contribution in [2.45, 2.75) is 25.7 Å². The molecule has 2 atom stereocenters. The van der Waals surface area contributed by atoms with Crippen LogP contribution < -0.4 is 5.32 Å². The summed E-state index contributed by atoms with van der Waals surface area (Å²) in [5.74, 6) is 0.0684. The maximum Gasteiger partial charge on any atom is 0.244 e. The van der Waals surface area contributed by atoms with Crippen LogP contribution in [0.1, 0.15) is 31.2 Å². The molecule has 0 spiro atoms. The number of hydrogen-bond acceptors (Lipinski definition) is 2. The molecule has 4 heteroatoms. The zero-order chi connectivity index (χ0) is 15.1. The standard InChI is InChI=1S/C17H22FNO2/c18-16-8-4-3-5-13(16)9-10-17(21)19-11-14-6-1-2-7-15(14)12-20/h3-5,8-10,14-15,20H,1-2,6-7,11-12H2,(H,19,21). The third-order valence-electron chi connectivity index (χ3n) is 4.16. The third-order valence-corrected chi connectivity index (χ3v) is 4.16. The summed E-state index contributed by atoms with van der Waals surface area (Å²) in [5, 5.41) is 12.2. The number of aliphatic hydroxyl groups is 1. The summed E-state index contributed by atoms with van der Waals surface area (Å²) in [6.45, 7) is 0.761. The van der Waals surface area contributed by atoms with Crippen LogP contribution in [0.4, 0.5) is 4.39 Å². The van der Waals surface area contributed by atoms with Gasteiger partial charge in [0, 0.05) is 24.8 Å². The van der Waals surface area contributed by atoms with Crippen LogP contribution in [0.5, 0.6) is 0 Å². The summed E-state index contributed by atoms with van der Waals surface area (Å²) >= 11 is 0. The number of amides is 1. The molecule has 3 nitrogen and oxygen atoms in total. The molecule has 0 bridgehead atoms. The van der Waals surface area contributed by atoms with Crippen molar-refractivity contribution < 1.29 is 14.3 Å². The van der Waals surface area contributed by atoms with E-state index >= 15 is 0 Å². The van der Waals surface area contributed by atoms with Gasteiger partial charge in [-0.3, -0.25) is 4.79 Å². The highest BCUT2D eigenvalue weighted by atomic mass is 19.1. The fourth-order valence-corrected chi connectivity index (χ4v) is 2.86. The lowest BCUT2D eigenvalue weighted by Crippen LogP contribution is -2.34. The van der Waals surface area contributed by atoms with Gasteiger partial charge < -0.3 is 10.4 Å². The summed E-state index contributed by atoms with van der Waals surface area (Å²) in [6.07, 6.45) is 7.22. The predicted octanol–water partition coefficient (Wildman–Crippen LogP) is 2.75. The molecular formula is C17H22FNO2. The second-order valence-corrected chi connectivity index (χ2v) is 5.59. The molecule has 1 aromatic rings. The SMILES string of the molecule is O=C(C=Cc1ccccc1F)NCC1CCCCC1CO. The Morgan fingerprint density at radius 2 is 2.00 bits per heavy atom. The van der Waals surface area contributed by atoms with Gasteiger partial charge in [0.15, 0.2) is 0 Å². The molecule has 0 radical (unpaired) electrons. The van der Waals surface area contributed by atoms with Gasteiger partial charge >= 0.3 is 0 Å². The number of benzene rings is 1. The minimum absolute atomic E-state index is 0.186. The number of halogens is 1. The Kier molecular flexibility index (Phi) is 5.93. The lowest BCUT2D eigenvalue weighted by atomic mass is 9.79. The van der Waals surface area contributed by atoms with Gasteiger partial charge in [-0.1, -0.05) is 31.0 Å². The predicted molar refractivity (Wildman–Crippen MR) is 81.0 cm³/mol. The van der Waals surface area contributed by atoms with Crippen molar-refractivity contribution in [2.24, 2.45) is 11.8 Å². The molecule has 1 saturated carbocycles. The van der Waals surface area contributed by atoms with Gasteiger partial charge in [0.1, 0.15) is 5.82 Å². The fourth-order valence-electron chi connectivity index (χ4n) is 2.86. The fraction of sp³-hybridized carbons (Fsp3) is 0.471. The largest absolute Gasteiger partial charge is 0.396 e. The molecule has 1 amide bonds. The lowest BCUT2D eigenvalue weighted by Gasteiger charge is -2.30. The van der Waals surface area contributed by atoms with E-state index in [4.69, 9.17) is 0 Å². The van der Waals surface area contributed by atoms with E-state index in [0.717, 1.165) is 25.7 Å². The van der Waals surface area contributed by atoms with Crippen molar-refractivity contribution in [3.63, 3.8) is 0 Å². The molecule has 0 aromatic heterocycles. The molecule has 0 heterocycles. The average molecular weight is 291 g/mol. The quantitative estimate of drug-likeness (QED) is 0.820. The molecule has 1 aliphatic rings. The van der Waals surface area contributed by atoms with E-state index in [9.17, 15) is 14.3 Å². The summed E-state index contributed by atoms with van der Waals surface area (Å²) in [6, 6.07) is 6.34. The first kappa shape index (κ1) is 15.7. The Balaban J connectivity index is 1.83. The van der Waals surface area contributed by atoms with E-state index in [0.29, 0.717) is 18.0 Å². The Labute approximate surface area is 124 Å². The zero-order valence-electron chi connectivity index (χ0n) is 12.1. The van der Waals surface area contributed by atoms with Crippen LogP contribution in [0.15, 0.2) is 30.3 Å². The molecule has 0 aliphatic heterocycles. The van der Waals surface area contributed by atoms with E-state index in [1.807, 2.05) is 0 Å². The Morgan fingerprint density at radius 3 is 2.71 bits per heavy atom. The van der Waals surface area contributed by atoms with Crippen LogP contribution in [0.25, 0.3) is 6.08 Å². The van der Waals surface area contributed by atoms with Crippen LogP contribution >= 0.6 is 0 Å². The number of aliphatic hydroxyl groups excluding tert-OH is 1. The Morgan fingerprint density at radius 1 is 1.29 bits per heavy atom. The normalized spacial score (nSPS) is 22.4. The summed E-state index contributed by atoms with van der Waals surface area (Å²) in [7, 11) is 0. The minimum Gasteiger partial charge on any atom is -0.396 e. The van der Waals surface area contributed by atoms with E-state index < -0.39 is 0 Å². The topological polar surface area (TPSA) is 49.3 Å². The van der Waals surface area contributed by atoms with Crippen molar-refractivity contribution in [2.75, 3.05) is 13.2 Å². The number of hydrogen-bond donors (Lipinski definition) is 2. The van der Waals surface area contributed by atoms with E-state index in [2.05, 4.69) is 5.32 Å². The number of nitrogens with one attached hydrogen (secondary N) is 1. The van der Waals surface area contributed by atoms with Crippen molar-refractivity contribution in [1.82, 2.24) is 5.32 Å². The van der Waals surface area contributed by atoms with Gasteiger partial charge in [-0.25, -0.2) is 4.39 Å². The van der Waals surface area contributed by atoms with Gasteiger partial charge in [-0.15, -0.1) is 0 Å². The number of rotatable bonds is 5. The molecule has 1 fully saturated rings. The molecule has 114 valence electrons. The molecule has 2 rings (SSSR count). The zero-order valence-corrected chi connectivity index (χ0v) is 12.1. The highest BCUT2D eigenvalue weighted by Crippen LogP contribution is 2.29. The third kappa shape index (κ3) is 4.67. The molecular weight excluding hydrogens is 269 g/mol. The molecule has 21 heavy (non-hydrogen) atoms. The second-order valence-electron chi connectivity index (χ2n) is 5.59. The van der Waals surface area contributed by atoms with Crippen molar-refractivity contribution in [1.29, 1.82) is 0 Å². The monoisotopic (exact) mass is 291 g/mol. The summed E-state index contributed by atoms with van der Waals surface area (Å²) in [4.78, 5) is 11.8. The van der Waals surface area contributed by atoms with Crippen LogP contribution in [0.2, 0.25) is 0 Å². The van der Waals surface area contributed by atoms with Gasteiger partial charge in [0.25, 0.3) is 0 Å². The smallest absolute Gasteiger partial charge is 0.244 e. The van der Waals surface area contributed by atoms with Gasteiger partial charge in [0.2, 0.25) is 5.91 Å². The maximum absolute atomic E-state index is 13.4. The van der Waals surface area contributed by atoms with Crippen LogP contribution in [-0.2, 0) is 4.79 Å². The molecule has 0 saturated heterocycles. The first-order valence-corrected chi connectivity index (χ1v) is 7.52. The van der Waals surface area contributed by atoms with E-state index in [1.165, 1.54) is 18.2 Å². The minimum atomic E-state index is -0.339. The summed E-state index contributed by atoms with van der Waals surface area (Å²) in [5.41, 5.74) is 0.401. The number of carbonyl (C=O) groups is 1. The molecule has 2 N–H and O–H groups in total. The van der Waals surface area contributed by atoms with Crippen molar-refractivity contribution in [3.05, 3.63) is 41.7 Å². The Hall–Kier alpha value is -1.68. The highest BCUT2D eigenvalue weighted by Gasteiger charge is 2.24. The van der Waals surface area contributed by atoms with E-state index in [1.54, 1.807) is 18.2 Å². The first-order chi connectivity index (χ1) is 10.2. The molecule has 1 aliphatic carbocycles. The number of carbonyl (C=O) groups excluding carboxylic acids is 1. The average Bonchev–Trinajstić information content (AvgIpc) is 2.52. The lowest BCUT2D eigenvalue weighted by molar-refractivity contribution is -0.116. The molecule has 1 aromatic carbocycles. The van der Waals surface area contributed by atoms with Crippen molar-refractivity contribution >= 4 is 12.0 Å². The first-order valence-electron chi connectivity index (χ1n) is 7.52. The second kappa shape index (κ2) is 7.93. The molecule has 2 unspecified atom stereocenters. The van der Waals surface area contributed by atoms with Crippen molar-refractivity contribution in [3.8, 4) is 0 Å². The maximum atomic E-state index is 13.4. The summed E-state index contributed by atoms with van der Waals surface area (Å²) < 4.78 is 13.4. The van der Waals surface area contributed by atoms with Crippen LogP contribution in [0.3, 0.4) is 0 Å². The highest BCUT2D eigenvalue weighted by molar-refractivity contribution is 5.91. The van der Waals surface area contributed by atoms with Crippen LogP contribution in [0, 0.1) is 17.7 Å². The van der Waals surface area contributed by atoms with Gasteiger partial charge in [0.05, 0.1) is 0 Å². The van der Waals surface area contributed by atoms with E-state index in [-0.39, 0.29) is 24.2 Å². The van der Waals surface area contributed by atoms with Gasteiger partial charge in [-0.2, -0.15) is 0 Å².